The van der Waals surface area contributed by atoms with Gasteiger partial charge < -0.3 is 20.0 Å². The molecule has 36 heavy (non-hydrogen) atoms. The van der Waals surface area contributed by atoms with Gasteiger partial charge in [0, 0.05) is 67.4 Å². The Morgan fingerprint density at radius 2 is 1.72 bits per heavy atom. The van der Waals surface area contributed by atoms with Crippen molar-refractivity contribution in [1.29, 1.82) is 0 Å². The molecule has 0 radical (unpaired) electrons. The van der Waals surface area contributed by atoms with Gasteiger partial charge in [-0.1, -0.05) is 53.2 Å². The lowest BCUT2D eigenvalue weighted by atomic mass is 10.1. The minimum absolute atomic E-state index is 0.0608. The van der Waals surface area contributed by atoms with Crippen LogP contribution in [0.2, 0.25) is 10.2 Å². The van der Waals surface area contributed by atoms with Crippen LogP contribution in [0.1, 0.15) is 15.9 Å². The van der Waals surface area contributed by atoms with Gasteiger partial charge in [-0.2, -0.15) is 0 Å². The van der Waals surface area contributed by atoms with Gasteiger partial charge in [0.2, 0.25) is 0 Å². The van der Waals surface area contributed by atoms with E-state index in [1.807, 2.05) is 67.5 Å². The highest BCUT2D eigenvalue weighted by Crippen LogP contribution is 2.27. The first-order valence-corrected chi connectivity index (χ1v) is 13.6. The van der Waals surface area contributed by atoms with Crippen molar-refractivity contribution < 1.29 is 4.79 Å². The fraction of sp³-hybridized carbons (Fsp3) is 0.346. The quantitative estimate of drug-likeness (QED) is 0.238. The Balaban J connectivity index is 1.31. The van der Waals surface area contributed by atoms with Crippen LogP contribution < -0.4 is 15.1 Å². The largest absolute Gasteiger partial charge is 0.368 e. The lowest BCUT2D eigenvalue weighted by molar-refractivity contribution is 0.0951. The average Bonchev–Trinajstić information content (AvgIpc) is 2.87. The molecule has 1 fully saturated rings. The zero-order valence-electron chi connectivity index (χ0n) is 20.5. The molecule has 1 saturated heterocycles. The summed E-state index contributed by atoms with van der Waals surface area (Å²) in [5.74, 6) is 1.47. The highest BCUT2D eigenvalue weighted by atomic mass is 35.5. The minimum atomic E-state index is -0.0608. The predicted molar refractivity (Wildman–Crippen MR) is 150 cm³/mol. The zero-order valence-corrected chi connectivity index (χ0v) is 22.8. The summed E-state index contributed by atoms with van der Waals surface area (Å²) in [5, 5.41) is 4.75. The zero-order chi connectivity index (χ0) is 25.5. The number of benzene rings is 2. The Bertz CT molecular complexity index is 1170. The summed E-state index contributed by atoms with van der Waals surface area (Å²) in [6, 6.07) is 17.4. The molecule has 0 bridgehead atoms. The maximum Gasteiger partial charge on any atom is 0.251 e. The maximum absolute atomic E-state index is 12.3. The Morgan fingerprint density at radius 3 is 2.42 bits per heavy atom. The van der Waals surface area contributed by atoms with Gasteiger partial charge in [-0.3, -0.25) is 4.79 Å². The number of anilines is 2. The van der Waals surface area contributed by atoms with E-state index in [0.717, 1.165) is 54.8 Å². The molecule has 190 valence electrons. The van der Waals surface area contributed by atoms with Gasteiger partial charge >= 0.3 is 0 Å². The normalized spacial score (nSPS) is 13.8. The number of nitrogens with zero attached hydrogens (tertiary/aromatic N) is 5. The van der Waals surface area contributed by atoms with Crippen LogP contribution in [0, 0.1) is 0 Å². The summed E-state index contributed by atoms with van der Waals surface area (Å²) < 4.78 is 0. The van der Waals surface area contributed by atoms with Crippen molar-refractivity contribution in [2.45, 2.75) is 10.9 Å². The summed E-state index contributed by atoms with van der Waals surface area (Å²) in [6.45, 7) is 4.84. The summed E-state index contributed by atoms with van der Waals surface area (Å²) in [7, 11) is 3.96. The second-order valence-corrected chi connectivity index (χ2v) is 10.6. The van der Waals surface area contributed by atoms with Crippen molar-refractivity contribution >= 4 is 52.4 Å². The minimum Gasteiger partial charge on any atom is -0.368 e. The molecule has 0 aliphatic carbocycles. The van der Waals surface area contributed by atoms with Crippen molar-refractivity contribution in [3.05, 3.63) is 75.9 Å². The Kier molecular flexibility index (Phi) is 9.31. The van der Waals surface area contributed by atoms with Crippen LogP contribution in [0.5, 0.6) is 0 Å². The molecule has 1 amide bonds. The molecule has 2 heterocycles. The number of carbonyl (C=O) groups excluding carboxylic acids is 1. The SMILES string of the molecule is CN(C)CCNC(=O)c1ccc(CSc2nc(Cl)cc(N3CCN(c4cccc(Cl)c4)CC3)n2)cc1. The highest BCUT2D eigenvalue weighted by molar-refractivity contribution is 7.98. The van der Waals surface area contributed by atoms with Crippen LogP contribution >= 0.6 is 35.0 Å². The number of carbonyl (C=O) groups is 1. The van der Waals surface area contributed by atoms with Gasteiger partial charge in [-0.25, -0.2) is 9.97 Å². The van der Waals surface area contributed by atoms with Crippen molar-refractivity contribution in [3.63, 3.8) is 0 Å². The van der Waals surface area contributed by atoms with Crippen molar-refractivity contribution in [3.8, 4) is 0 Å². The third-order valence-electron chi connectivity index (χ3n) is 5.87. The van der Waals surface area contributed by atoms with E-state index in [1.54, 1.807) is 0 Å². The number of halogens is 2. The molecule has 0 atom stereocenters. The van der Waals surface area contributed by atoms with Gasteiger partial charge in [0.1, 0.15) is 11.0 Å². The van der Waals surface area contributed by atoms with E-state index in [1.165, 1.54) is 11.8 Å². The van der Waals surface area contributed by atoms with Crippen LogP contribution in [-0.2, 0) is 5.75 Å². The second-order valence-electron chi connectivity index (χ2n) is 8.83. The Morgan fingerprint density at radius 1 is 1.00 bits per heavy atom. The summed E-state index contributed by atoms with van der Waals surface area (Å²) in [5.41, 5.74) is 2.88. The summed E-state index contributed by atoms with van der Waals surface area (Å²) in [6.07, 6.45) is 0. The van der Waals surface area contributed by atoms with E-state index in [9.17, 15) is 4.79 Å². The van der Waals surface area contributed by atoms with E-state index in [0.29, 0.717) is 28.2 Å². The van der Waals surface area contributed by atoms with Crippen molar-refractivity contribution in [1.82, 2.24) is 20.2 Å². The maximum atomic E-state index is 12.3. The molecule has 1 aromatic heterocycles. The number of thioether (sulfide) groups is 1. The summed E-state index contributed by atoms with van der Waals surface area (Å²) in [4.78, 5) is 28.0. The Hall–Kier alpha value is -2.52. The van der Waals surface area contributed by atoms with Crippen molar-refractivity contribution in [2.75, 3.05) is 63.2 Å². The molecule has 0 saturated carbocycles. The topological polar surface area (TPSA) is 64.6 Å². The fourth-order valence-electron chi connectivity index (χ4n) is 3.87. The number of aromatic nitrogens is 2. The van der Waals surface area contributed by atoms with Gasteiger partial charge in [0.05, 0.1) is 0 Å². The number of hydrogen-bond acceptors (Lipinski definition) is 7. The lowest BCUT2D eigenvalue weighted by Gasteiger charge is -2.36. The monoisotopic (exact) mass is 544 g/mol. The first-order valence-electron chi connectivity index (χ1n) is 11.8. The first-order chi connectivity index (χ1) is 17.4. The molecular formula is C26H30Cl2N6OS. The van der Waals surface area contributed by atoms with E-state index < -0.39 is 0 Å². The Labute approximate surface area is 226 Å². The number of piperazine rings is 1. The van der Waals surface area contributed by atoms with Crippen molar-refractivity contribution in [2.24, 2.45) is 0 Å². The number of hydrogen-bond donors (Lipinski definition) is 1. The number of amides is 1. The van der Waals surface area contributed by atoms with E-state index in [-0.39, 0.29) is 5.91 Å². The molecule has 1 aliphatic rings. The number of likely N-dealkylation sites (N-methyl/N-ethyl adjacent to an activating group) is 1. The number of rotatable bonds is 9. The van der Waals surface area contributed by atoms with Crippen LogP contribution in [0.15, 0.2) is 59.8 Å². The average molecular weight is 546 g/mol. The summed E-state index contributed by atoms with van der Waals surface area (Å²) >= 11 is 14.0. The molecule has 2 aromatic carbocycles. The molecule has 1 N–H and O–H groups in total. The van der Waals surface area contributed by atoms with Crippen LogP contribution in [0.3, 0.4) is 0 Å². The molecule has 3 aromatic rings. The second kappa shape index (κ2) is 12.6. The molecule has 4 rings (SSSR count). The van der Waals surface area contributed by atoms with E-state index in [2.05, 4.69) is 26.2 Å². The molecule has 0 spiro atoms. The third-order valence-corrected chi connectivity index (χ3v) is 7.21. The molecule has 10 heteroatoms. The van der Waals surface area contributed by atoms with E-state index in [4.69, 9.17) is 28.2 Å². The molecule has 1 aliphatic heterocycles. The van der Waals surface area contributed by atoms with E-state index >= 15 is 0 Å². The van der Waals surface area contributed by atoms with Gasteiger partial charge in [-0.05, 0) is 50.0 Å². The fourth-order valence-corrected chi connectivity index (χ4v) is 5.10. The molecular weight excluding hydrogens is 515 g/mol. The molecule has 0 unspecified atom stereocenters. The first kappa shape index (κ1) is 26.5. The van der Waals surface area contributed by atoms with Gasteiger partial charge in [-0.15, -0.1) is 0 Å². The van der Waals surface area contributed by atoms with Crippen LogP contribution in [-0.4, -0.2) is 74.1 Å². The van der Waals surface area contributed by atoms with Gasteiger partial charge in [0.25, 0.3) is 5.91 Å². The van der Waals surface area contributed by atoms with Crippen LogP contribution in [0.4, 0.5) is 11.5 Å². The molecule has 7 nitrogen and oxygen atoms in total. The smallest absolute Gasteiger partial charge is 0.251 e. The predicted octanol–water partition coefficient (Wildman–Crippen LogP) is 4.69. The van der Waals surface area contributed by atoms with Crippen LogP contribution in [0.25, 0.3) is 0 Å². The van der Waals surface area contributed by atoms with Gasteiger partial charge in [0.15, 0.2) is 5.16 Å². The highest BCUT2D eigenvalue weighted by Gasteiger charge is 2.20. The third kappa shape index (κ3) is 7.49. The standard InChI is InChI=1S/C26H30Cl2N6OS/c1-32(2)11-10-29-25(35)20-8-6-19(7-9-20)18-36-26-30-23(28)17-24(31-26)34-14-12-33(13-15-34)22-5-3-4-21(27)16-22/h3-9,16-17H,10-15,18H2,1-2H3,(H,29,35). The number of nitrogens with one attached hydrogen (secondary N) is 1. The lowest BCUT2D eigenvalue weighted by Crippen LogP contribution is -2.46.